The fourth-order valence-corrected chi connectivity index (χ4v) is 3.38. The molecule has 2 aromatic carbocycles. The fraction of sp³-hybridized carbons (Fsp3) is 0.364. The standard InChI is InChI=1S/C22H26N2O2/c25-21(14-13-18-9-3-1-4-10-18)23-20(17-19-11-5-2-6-12-19)22(26)24-15-7-8-16-24/h1-6,9-12,20H,7-8,13-17H2,(H,23,25)/t20-/m1/s1. The second-order valence-corrected chi connectivity index (χ2v) is 6.83. The molecule has 1 aliphatic rings. The van der Waals surface area contributed by atoms with Gasteiger partial charge in [0.25, 0.3) is 0 Å². The van der Waals surface area contributed by atoms with Gasteiger partial charge in [0.2, 0.25) is 11.8 Å². The molecule has 0 aromatic heterocycles. The molecule has 4 heteroatoms. The van der Waals surface area contributed by atoms with Crippen LogP contribution in [0.25, 0.3) is 0 Å². The monoisotopic (exact) mass is 350 g/mol. The summed E-state index contributed by atoms with van der Waals surface area (Å²) in [6.07, 6.45) is 3.70. The molecule has 136 valence electrons. The van der Waals surface area contributed by atoms with Crippen LogP contribution in [0.15, 0.2) is 60.7 Å². The van der Waals surface area contributed by atoms with E-state index in [0.29, 0.717) is 19.3 Å². The molecule has 1 saturated heterocycles. The van der Waals surface area contributed by atoms with Crippen molar-refractivity contribution in [1.82, 2.24) is 10.2 Å². The first kappa shape index (κ1) is 18.2. The van der Waals surface area contributed by atoms with Gasteiger partial charge in [-0.15, -0.1) is 0 Å². The second kappa shape index (κ2) is 9.18. The maximum absolute atomic E-state index is 12.9. The van der Waals surface area contributed by atoms with Crippen LogP contribution in [0.5, 0.6) is 0 Å². The average Bonchev–Trinajstić information content (AvgIpc) is 3.22. The van der Waals surface area contributed by atoms with Gasteiger partial charge in [-0.05, 0) is 30.4 Å². The van der Waals surface area contributed by atoms with Crippen molar-refractivity contribution in [3.05, 3.63) is 71.8 Å². The highest BCUT2D eigenvalue weighted by atomic mass is 16.2. The number of aryl methyl sites for hydroxylation is 1. The quantitative estimate of drug-likeness (QED) is 0.835. The van der Waals surface area contributed by atoms with Gasteiger partial charge in [0.1, 0.15) is 6.04 Å². The van der Waals surface area contributed by atoms with E-state index in [2.05, 4.69) is 5.32 Å². The number of rotatable bonds is 7. The van der Waals surface area contributed by atoms with Crippen molar-refractivity contribution in [2.24, 2.45) is 0 Å². The van der Waals surface area contributed by atoms with Crippen molar-refractivity contribution in [1.29, 1.82) is 0 Å². The Labute approximate surface area is 155 Å². The maximum atomic E-state index is 12.9. The number of carbonyl (C=O) groups excluding carboxylic acids is 2. The molecule has 1 heterocycles. The van der Waals surface area contributed by atoms with Crippen LogP contribution in [-0.4, -0.2) is 35.8 Å². The molecule has 0 radical (unpaired) electrons. The number of nitrogens with zero attached hydrogens (tertiary/aromatic N) is 1. The van der Waals surface area contributed by atoms with E-state index in [-0.39, 0.29) is 11.8 Å². The van der Waals surface area contributed by atoms with Crippen LogP contribution in [0.4, 0.5) is 0 Å². The third-order valence-corrected chi connectivity index (χ3v) is 4.82. The molecule has 3 rings (SSSR count). The molecule has 1 fully saturated rings. The van der Waals surface area contributed by atoms with Gasteiger partial charge in [-0.1, -0.05) is 60.7 Å². The predicted octanol–water partition coefficient (Wildman–Crippen LogP) is 2.97. The summed E-state index contributed by atoms with van der Waals surface area (Å²) >= 11 is 0. The van der Waals surface area contributed by atoms with Gasteiger partial charge in [-0.2, -0.15) is 0 Å². The van der Waals surface area contributed by atoms with E-state index < -0.39 is 6.04 Å². The molecule has 2 amide bonds. The molecular formula is C22H26N2O2. The van der Waals surface area contributed by atoms with Crippen LogP contribution in [0, 0.1) is 0 Å². The summed E-state index contributed by atoms with van der Waals surface area (Å²) in [7, 11) is 0. The number of carbonyl (C=O) groups is 2. The summed E-state index contributed by atoms with van der Waals surface area (Å²) in [5, 5.41) is 2.98. The van der Waals surface area contributed by atoms with Crippen LogP contribution < -0.4 is 5.32 Å². The number of likely N-dealkylation sites (tertiary alicyclic amines) is 1. The highest BCUT2D eigenvalue weighted by molar-refractivity contribution is 5.88. The van der Waals surface area contributed by atoms with Gasteiger partial charge < -0.3 is 10.2 Å². The SMILES string of the molecule is O=C(CCc1ccccc1)N[C@H](Cc1ccccc1)C(=O)N1CCCC1. The first-order chi connectivity index (χ1) is 12.7. The lowest BCUT2D eigenvalue weighted by Crippen LogP contribution is -2.49. The van der Waals surface area contributed by atoms with Crippen LogP contribution in [0.2, 0.25) is 0 Å². The molecule has 0 unspecified atom stereocenters. The second-order valence-electron chi connectivity index (χ2n) is 6.83. The van der Waals surface area contributed by atoms with E-state index in [9.17, 15) is 9.59 Å². The van der Waals surface area contributed by atoms with E-state index >= 15 is 0 Å². The molecular weight excluding hydrogens is 324 g/mol. The lowest BCUT2D eigenvalue weighted by Gasteiger charge is -2.24. The van der Waals surface area contributed by atoms with Crippen LogP contribution in [0.1, 0.15) is 30.4 Å². The lowest BCUT2D eigenvalue weighted by atomic mass is 10.0. The van der Waals surface area contributed by atoms with Gasteiger partial charge in [-0.3, -0.25) is 9.59 Å². The van der Waals surface area contributed by atoms with Gasteiger partial charge >= 0.3 is 0 Å². The normalized spacial score (nSPS) is 14.8. The van der Waals surface area contributed by atoms with Crippen molar-refractivity contribution in [3.8, 4) is 0 Å². The van der Waals surface area contributed by atoms with Crippen molar-refractivity contribution >= 4 is 11.8 Å². The van der Waals surface area contributed by atoms with Crippen molar-refractivity contribution in [2.45, 2.75) is 38.1 Å². The molecule has 0 bridgehead atoms. The van der Waals surface area contributed by atoms with Crippen molar-refractivity contribution in [2.75, 3.05) is 13.1 Å². The Morgan fingerprint density at radius 1 is 0.885 bits per heavy atom. The first-order valence-corrected chi connectivity index (χ1v) is 9.38. The van der Waals surface area contributed by atoms with Crippen LogP contribution in [0.3, 0.4) is 0 Å². The van der Waals surface area contributed by atoms with Gasteiger partial charge in [0, 0.05) is 25.9 Å². The Bertz CT molecular complexity index is 709. The Balaban J connectivity index is 1.62. The summed E-state index contributed by atoms with van der Waals surface area (Å²) in [5.74, 6) is -0.0262. The number of nitrogens with one attached hydrogen (secondary N) is 1. The number of hydrogen-bond acceptors (Lipinski definition) is 2. The van der Waals surface area contributed by atoms with Crippen LogP contribution >= 0.6 is 0 Å². The molecule has 1 N–H and O–H groups in total. The van der Waals surface area contributed by atoms with Gasteiger partial charge in [0.05, 0.1) is 0 Å². The highest BCUT2D eigenvalue weighted by Crippen LogP contribution is 2.13. The lowest BCUT2D eigenvalue weighted by molar-refractivity contribution is -0.135. The Kier molecular flexibility index (Phi) is 6.42. The molecule has 1 atom stereocenters. The molecule has 1 aliphatic heterocycles. The van der Waals surface area contributed by atoms with Gasteiger partial charge in [0.15, 0.2) is 0 Å². The molecule has 0 spiro atoms. The summed E-state index contributed by atoms with van der Waals surface area (Å²) in [6.45, 7) is 1.59. The molecule has 2 aromatic rings. The summed E-state index contributed by atoms with van der Waals surface area (Å²) in [5.41, 5.74) is 2.20. The zero-order valence-electron chi connectivity index (χ0n) is 15.1. The number of benzene rings is 2. The van der Waals surface area contributed by atoms with E-state index in [0.717, 1.165) is 37.1 Å². The smallest absolute Gasteiger partial charge is 0.245 e. The third kappa shape index (κ3) is 5.19. The summed E-state index contributed by atoms with van der Waals surface area (Å²) in [6, 6.07) is 19.3. The van der Waals surface area contributed by atoms with Crippen molar-refractivity contribution in [3.63, 3.8) is 0 Å². The minimum absolute atomic E-state index is 0.0411. The number of amides is 2. The number of hydrogen-bond donors (Lipinski definition) is 1. The first-order valence-electron chi connectivity index (χ1n) is 9.38. The summed E-state index contributed by atoms with van der Waals surface area (Å²) < 4.78 is 0. The predicted molar refractivity (Wildman–Crippen MR) is 103 cm³/mol. The molecule has 0 saturated carbocycles. The van der Waals surface area contributed by atoms with E-state index in [1.807, 2.05) is 65.6 Å². The van der Waals surface area contributed by atoms with Crippen molar-refractivity contribution < 1.29 is 9.59 Å². The van der Waals surface area contributed by atoms with Gasteiger partial charge in [-0.25, -0.2) is 0 Å². The fourth-order valence-electron chi connectivity index (χ4n) is 3.38. The average molecular weight is 350 g/mol. The Morgan fingerprint density at radius 3 is 2.08 bits per heavy atom. The van der Waals surface area contributed by atoms with E-state index in [4.69, 9.17) is 0 Å². The largest absolute Gasteiger partial charge is 0.344 e. The zero-order chi connectivity index (χ0) is 18.2. The maximum Gasteiger partial charge on any atom is 0.245 e. The minimum atomic E-state index is -0.487. The minimum Gasteiger partial charge on any atom is -0.344 e. The van der Waals surface area contributed by atoms with Crippen LogP contribution in [-0.2, 0) is 22.4 Å². The highest BCUT2D eigenvalue weighted by Gasteiger charge is 2.27. The zero-order valence-corrected chi connectivity index (χ0v) is 15.1. The van der Waals surface area contributed by atoms with E-state index in [1.54, 1.807) is 0 Å². The van der Waals surface area contributed by atoms with E-state index in [1.165, 1.54) is 0 Å². The Hall–Kier alpha value is -2.62. The Morgan fingerprint density at radius 2 is 1.46 bits per heavy atom. The summed E-state index contributed by atoms with van der Waals surface area (Å²) in [4.78, 5) is 27.2. The molecule has 0 aliphatic carbocycles. The third-order valence-electron chi connectivity index (χ3n) is 4.82. The molecule has 26 heavy (non-hydrogen) atoms. The molecule has 4 nitrogen and oxygen atoms in total. The topological polar surface area (TPSA) is 49.4 Å².